The summed E-state index contributed by atoms with van der Waals surface area (Å²) in [5.41, 5.74) is 0.261. The second-order valence-corrected chi connectivity index (χ2v) is 9.24. The van der Waals surface area contributed by atoms with Crippen molar-refractivity contribution in [2.75, 3.05) is 58.9 Å². The largest absolute Gasteiger partial charge is 0.386 e. The number of carbonyl (C=O) groups is 1. The first kappa shape index (κ1) is 24.5. The van der Waals surface area contributed by atoms with E-state index in [1.165, 1.54) is 12.5 Å². The Balaban J connectivity index is 1.51. The Hall–Kier alpha value is -2.19. The van der Waals surface area contributed by atoms with Gasteiger partial charge in [-0.1, -0.05) is 32.0 Å². The summed E-state index contributed by atoms with van der Waals surface area (Å²) in [4.78, 5) is 23.7. The Labute approximate surface area is 191 Å². The van der Waals surface area contributed by atoms with Crippen molar-refractivity contribution in [2.24, 2.45) is 16.8 Å². The molecule has 3 atom stereocenters. The second kappa shape index (κ2) is 11.6. The van der Waals surface area contributed by atoms with Gasteiger partial charge in [0.2, 0.25) is 5.91 Å². The van der Waals surface area contributed by atoms with Gasteiger partial charge in [0.25, 0.3) is 0 Å². The molecular weight excluding hydrogens is 409 g/mol. The number of likely N-dealkylation sites (tertiary alicyclic amines) is 1. The molecule has 178 valence electrons. The van der Waals surface area contributed by atoms with Crippen LogP contribution in [0.4, 0.5) is 4.39 Å². The molecule has 0 aromatic heterocycles. The molecule has 2 aliphatic heterocycles. The van der Waals surface area contributed by atoms with Crippen LogP contribution in [-0.2, 0) is 4.79 Å². The Morgan fingerprint density at radius 3 is 2.44 bits per heavy atom. The van der Waals surface area contributed by atoms with E-state index in [9.17, 15) is 14.3 Å². The number of guanidine groups is 1. The quantitative estimate of drug-likeness (QED) is 0.515. The number of hydrogen-bond donors (Lipinski definition) is 2. The van der Waals surface area contributed by atoms with Crippen molar-refractivity contribution < 1.29 is 14.3 Å². The van der Waals surface area contributed by atoms with Gasteiger partial charge >= 0.3 is 0 Å². The number of rotatable bonds is 6. The summed E-state index contributed by atoms with van der Waals surface area (Å²) in [6.45, 7) is 12.5. The van der Waals surface area contributed by atoms with Crippen LogP contribution < -0.4 is 5.32 Å². The highest BCUT2D eigenvalue weighted by Gasteiger charge is 2.28. The zero-order valence-electron chi connectivity index (χ0n) is 19.6. The average molecular weight is 448 g/mol. The molecule has 7 nitrogen and oxygen atoms in total. The van der Waals surface area contributed by atoms with E-state index >= 15 is 0 Å². The molecule has 3 unspecified atom stereocenters. The number of hydrogen-bond acceptors (Lipinski definition) is 4. The van der Waals surface area contributed by atoms with E-state index in [4.69, 9.17) is 0 Å². The van der Waals surface area contributed by atoms with Crippen LogP contribution in [0, 0.1) is 17.7 Å². The molecule has 1 aromatic carbocycles. The standard InChI is InChI=1S/C24H38FN5O2/c1-4-26-24(27-14-22(31)20-7-5-6-8-21(20)25)29-11-9-28(10-12-29)17-23(32)30-15-18(2)13-19(3)16-30/h5-8,18-19,22,31H,4,9-17H2,1-3H3,(H,26,27). The molecule has 0 saturated carbocycles. The van der Waals surface area contributed by atoms with Crippen molar-refractivity contribution in [1.29, 1.82) is 0 Å². The maximum atomic E-state index is 13.9. The Morgan fingerprint density at radius 2 is 1.81 bits per heavy atom. The maximum Gasteiger partial charge on any atom is 0.236 e. The zero-order chi connectivity index (χ0) is 23.1. The minimum absolute atomic E-state index is 0.0906. The molecule has 2 saturated heterocycles. The first-order chi connectivity index (χ1) is 15.4. The molecule has 2 heterocycles. The highest BCUT2D eigenvalue weighted by atomic mass is 19.1. The predicted octanol–water partition coefficient (Wildman–Crippen LogP) is 1.95. The summed E-state index contributed by atoms with van der Waals surface area (Å²) in [6, 6.07) is 6.25. The third-order valence-electron chi connectivity index (χ3n) is 6.27. The third-order valence-corrected chi connectivity index (χ3v) is 6.27. The number of carbonyl (C=O) groups excluding carboxylic acids is 1. The third kappa shape index (κ3) is 6.65. The summed E-state index contributed by atoms with van der Waals surface area (Å²) in [5.74, 6) is 1.66. The molecule has 1 aromatic rings. The normalized spacial score (nSPS) is 23.8. The summed E-state index contributed by atoms with van der Waals surface area (Å²) in [7, 11) is 0. The number of piperidine rings is 1. The molecule has 0 bridgehead atoms. The minimum Gasteiger partial charge on any atom is -0.386 e. The number of halogens is 1. The van der Waals surface area contributed by atoms with Gasteiger partial charge in [-0.15, -0.1) is 0 Å². The smallest absolute Gasteiger partial charge is 0.236 e. The van der Waals surface area contributed by atoms with E-state index in [-0.39, 0.29) is 18.0 Å². The fourth-order valence-corrected chi connectivity index (χ4v) is 4.72. The molecule has 0 spiro atoms. The van der Waals surface area contributed by atoms with Gasteiger partial charge in [-0.3, -0.25) is 14.7 Å². The van der Waals surface area contributed by atoms with Crippen molar-refractivity contribution in [3.8, 4) is 0 Å². The average Bonchev–Trinajstić information content (AvgIpc) is 2.76. The molecule has 2 fully saturated rings. The molecule has 1 amide bonds. The minimum atomic E-state index is -0.988. The van der Waals surface area contributed by atoms with E-state index in [0.717, 1.165) is 39.3 Å². The number of benzene rings is 1. The topological polar surface area (TPSA) is 71.4 Å². The summed E-state index contributed by atoms with van der Waals surface area (Å²) >= 11 is 0. The van der Waals surface area contributed by atoms with Crippen LogP contribution in [0.1, 0.15) is 38.9 Å². The van der Waals surface area contributed by atoms with Crippen molar-refractivity contribution in [3.63, 3.8) is 0 Å². The van der Waals surface area contributed by atoms with Gasteiger partial charge in [0, 0.05) is 51.4 Å². The van der Waals surface area contributed by atoms with Crippen molar-refractivity contribution in [3.05, 3.63) is 35.6 Å². The van der Waals surface area contributed by atoms with E-state index < -0.39 is 11.9 Å². The van der Waals surface area contributed by atoms with E-state index in [2.05, 4.69) is 34.0 Å². The van der Waals surface area contributed by atoms with E-state index in [0.29, 0.717) is 30.9 Å². The van der Waals surface area contributed by atoms with Gasteiger partial charge in [0.15, 0.2) is 5.96 Å². The fraction of sp³-hybridized carbons (Fsp3) is 0.667. The molecule has 0 radical (unpaired) electrons. The number of aliphatic hydroxyl groups is 1. The summed E-state index contributed by atoms with van der Waals surface area (Å²) < 4.78 is 13.9. The molecule has 8 heteroatoms. The van der Waals surface area contributed by atoms with Crippen LogP contribution in [-0.4, -0.2) is 90.6 Å². The number of nitrogens with zero attached hydrogens (tertiary/aromatic N) is 4. The van der Waals surface area contributed by atoms with Crippen LogP contribution in [0.25, 0.3) is 0 Å². The van der Waals surface area contributed by atoms with Gasteiger partial charge in [0.05, 0.1) is 13.1 Å². The Morgan fingerprint density at radius 1 is 1.16 bits per heavy atom. The van der Waals surface area contributed by atoms with Gasteiger partial charge in [-0.05, 0) is 31.2 Å². The predicted molar refractivity (Wildman–Crippen MR) is 125 cm³/mol. The van der Waals surface area contributed by atoms with Crippen LogP contribution in [0.3, 0.4) is 0 Å². The first-order valence-corrected chi connectivity index (χ1v) is 11.8. The number of amides is 1. The van der Waals surface area contributed by atoms with Crippen molar-refractivity contribution in [1.82, 2.24) is 20.0 Å². The monoisotopic (exact) mass is 447 g/mol. The van der Waals surface area contributed by atoms with Crippen LogP contribution in [0.5, 0.6) is 0 Å². The van der Waals surface area contributed by atoms with E-state index in [1.807, 2.05) is 11.8 Å². The number of aliphatic hydroxyl groups excluding tert-OH is 1. The maximum absolute atomic E-state index is 13.9. The molecule has 3 rings (SSSR count). The van der Waals surface area contributed by atoms with Gasteiger partial charge in [0.1, 0.15) is 11.9 Å². The fourth-order valence-electron chi connectivity index (χ4n) is 4.72. The first-order valence-electron chi connectivity index (χ1n) is 11.8. The molecular formula is C24H38FN5O2. The second-order valence-electron chi connectivity index (χ2n) is 9.24. The molecule has 0 aliphatic carbocycles. The van der Waals surface area contributed by atoms with Gasteiger partial charge in [-0.25, -0.2) is 4.39 Å². The number of piperazine rings is 1. The summed E-state index contributed by atoms with van der Waals surface area (Å²) in [5, 5.41) is 13.6. The SMILES string of the molecule is CCNC(=NCC(O)c1ccccc1F)N1CCN(CC(=O)N2CC(C)CC(C)C2)CC1. The van der Waals surface area contributed by atoms with Crippen LogP contribution in [0.2, 0.25) is 0 Å². The number of aliphatic imine (C=N–C) groups is 1. The molecule has 2 aliphatic rings. The van der Waals surface area contributed by atoms with E-state index in [1.54, 1.807) is 18.2 Å². The molecule has 32 heavy (non-hydrogen) atoms. The Bertz CT molecular complexity index is 771. The summed E-state index contributed by atoms with van der Waals surface area (Å²) in [6.07, 6.45) is 0.207. The molecule has 2 N–H and O–H groups in total. The van der Waals surface area contributed by atoms with Crippen molar-refractivity contribution >= 4 is 11.9 Å². The highest BCUT2D eigenvalue weighted by Crippen LogP contribution is 2.21. The lowest BCUT2D eigenvalue weighted by atomic mass is 9.92. The highest BCUT2D eigenvalue weighted by molar-refractivity contribution is 5.80. The zero-order valence-corrected chi connectivity index (χ0v) is 19.6. The van der Waals surface area contributed by atoms with Crippen LogP contribution in [0.15, 0.2) is 29.3 Å². The van der Waals surface area contributed by atoms with Gasteiger partial charge < -0.3 is 20.2 Å². The lowest BCUT2D eigenvalue weighted by molar-refractivity contribution is -0.135. The lowest BCUT2D eigenvalue weighted by Crippen LogP contribution is -2.55. The van der Waals surface area contributed by atoms with Gasteiger partial charge in [-0.2, -0.15) is 0 Å². The van der Waals surface area contributed by atoms with Crippen LogP contribution >= 0.6 is 0 Å². The number of nitrogens with one attached hydrogen (secondary N) is 1. The lowest BCUT2D eigenvalue weighted by Gasteiger charge is -2.39. The van der Waals surface area contributed by atoms with Crippen molar-refractivity contribution in [2.45, 2.75) is 33.3 Å². The Kier molecular flexibility index (Phi) is 8.87.